The van der Waals surface area contributed by atoms with Crippen LogP contribution in [-0.4, -0.2) is 47.4 Å². The molecule has 1 N–H and O–H groups in total. The third kappa shape index (κ3) is 5.56. The van der Waals surface area contributed by atoms with Gasteiger partial charge in [-0.05, 0) is 37.0 Å². The second kappa shape index (κ2) is 9.56. The molecule has 0 spiro atoms. The van der Waals surface area contributed by atoms with E-state index in [-0.39, 0.29) is 24.0 Å². The van der Waals surface area contributed by atoms with Crippen LogP contribution in [0.3, 0.4) is 0 Å². The second-order valence-electron chi connectivity index (χ2n) is 7.87. The van der Waals surface area contributed by atoms with Crippen molar-refractivity contribution in [1.29, 1.82) is 0 Å². The summed E-state index contributed by atoms with van der Waals surface area (Å²) in [4.78, 5) is 23.7. The van der Waals surface area contributed by atoms with Crippen LogP contribution in [0.2, 0.25) is 0 Å². The van der Waals surface area contributed by atoms with E-state index in [2.05, 4.69) is 15.5 Å². The summed E-state index contributed by atoms with van der Waals surface area (Å²) in [5.41, 5.74) is 1.09. The number of thioether (sulfide) groups is 1. The summed E-state index contributed by atoms with van der Waals surface area (Å²) in [6.45, 7) is 1.96. The zero-order valence-electron chi connectivity index (χ0n) is 18.2. The van der Waals surface area contributed by atoms with Crippen LogP contribution in [-0.2, 0) is 33.8 Å². The van der Waals surface area contributed by atoms with Gasteiger partial charge in [-0.15, -0.1) is 10.2 Å². The molecule has 2 aromatic heterocycles. The smallest absolute Gasteiger partial charge is 0.411 e. The van der Waals surface area contributed by atoms with Gasteiger partial charge in [0.25, 0.3) is 0 Å². The molecule has 0 saturated carbocycles. The van der Waals surface area contributed by atoms with Gasteiger partial charge in [0.15, 0.2) is 15.0 Å². The van der Waals surface area contributed by atoms with Gasteiger partial charge in [-0.2, -0.15) is 0 Å². The first-order chi connectivity index (χ1) is 15.7. The lowest BCUT2D eigenvalue weighted by Gasteiger charge is -2.09. The molecular formula is C21H24N4O6S2. The van der Waals surface area contributed by atoms with Gasteiger partial charge in [0.1, 0.15) is 11.4 Å². The maximum Gasteiger partial charge on any atom is 0.411 e. The lowest BCUT2D eigenvalue weighted by atomic mass is 10.1. The maximum atomic E-state index is 12.1. The Morgan fingerprint density at radius 1 is 1.33 bits per heavy atom. The topological polar surface area (TPSA) is 133 Å². The van der Waals surface area contributed by atoms with Gasteiger partial charge in [-0.3, -0.25) is 5.32 Å². The quantitative estimate of drug-likeness (QED) is 0.390. The third-order valence-electron chi connectivity index (χ3n) is 5.43. The van der Waals surface area contributed by atoms with Crippen molar-refractivity contribution >= 4 is 44.3 Å². The number of ether oxygens (including phenoxy) is 1. The summed E-state index contributed by atoms with van der Waals surface area (Å²) in [6.07, 6.45) is 0.632. The summed E-state index contributed by atoms with van der Waals surface area (Å²) < 4.78 is 35.5. The number of benzene rings is 1. The summed E-state index contributed by atoms with van der Waals surface area (Å²) in [5.74, 6) is 1.69. The highest BCUT2D eigenvalue weighted by Crippen LogP contribution is 2.28. The summed E-state index contributed by atoms with van der Waals surface area (Å²) in [5, 5.41) is 12.5. The highest BCUT2D eigenvalue weighted by atomic mass is 32.2. The largest absolute Gasteiger partial charge is 0.450 e. The Morgan fingerprint density at radius 3 is 2.88 bits per heavy atom. The molecule has 3 heterocycles. The van der Waals surface area contributed by atoms with Crippen molar-refractivity contribution in [2.24, 2.45) is 13.0 Å². The molecule has 1 aliphatic rings. The molecule has 1 amide bonds. The lowest BCUT2D eigenvalue weighted by Crippen LogP contribution is -2.13. The lowest BCUT2D eigenvalue weighted by molar-refractivity contribution is 0.168. The van der Waals surface area contributed by atoms with E-state index in [9.17, 15) is 18.0 Å². The van der Waals surface area contributed by atoms with Crippen LogP contribution in [0.15, 0.2) is 38.6 Å². The van der Waals surface area contributed by atoms with Crippen LogP contribution >= 0.6 is 11.8 Å². The fourth-order valence-corrected chi connectivity index (χ4v) is 6.58. The second-order valence-corrected chi connectivity index (χ2v) is 11.0. The van der Waals surface area contributed by atoms with E-state index in [0.29, 0.717) is 35.0 Å². The monoisotopic (exact) mass is 492 g/mol. The molecule has 0 radical (unpaired) electrons. The van der Waals surface area contributed by atoms with E-state index in [0.717, 1.165) is 16.8 Å². The van der Waals surface area contributed by atoms with Crippen molar-refractivity contribution in [2.45, 2.75) is 30.7 Å². The summed E-state index contributed by atoms with van der Waals surface area (Å²) >= 11 is 1.42. The van der Waals surface area contributed by atoms with Gasteiger partial charge in [-0.25, -0.2) is 18.0 Å². The van der Waals surface area contributed by atoms with Crippen molar-refractivity contribution in [3.8, 4) is 0 Å². The Balaban J connectivity index is 1.48. The van der Waals surface area contributed by atoms with Crippen molar-refractivity contribution in [2.75, 3.05) is 23.4 Å². The van der Waals surface area contributed by atoms with Crippen molar-refractivity contribution < 1.29 is 22.4 Å². The average Bonchev–Trinajstić information content (AvgIpc) is 3.27. The number of anilines is 1. The molecule has 10 nitrogen and oxygen atoms in total. The number of nitrogens with one attached hydrogen (secondary N) is 1. The molecule has 33 heavy (non-hydrogen) atoms. The minimum absolute atomic E-state index is 0.0656. The minimum atomic E-state index is -2.94. The van der Waals surface area contributed by atoms with E-state index >= 15 is 0 Å². The number of sulfone groups is 1. The Hall–Kier alpha value is -2.86. The Labute approximate surface area is 194 Å². The first-order valence-corrected chi connectivity index (χ1v) is 13.3. The minimum Gasteiger partial charge on any atom is -0.450 e. The van der Waals surface area contributed by atoms with Crippen LogP contribution in [0.1, 0.15) is 24.7 Å². The molecule has 1 aromatic carbocycles. The Morgan fingerprint density at radius 2 is 2.15 bits per heavy atom. The van der Waals surface area contributed by atoms with Gasteiger partial charge in [0, 0.05) is 42.4 Å². The Kier molecular flexibility index (Phi) is 6.75. The van der Waals surface area contributed by atoms with E-state index in [1.165, 1.54) is 17.8 Å². The molecule has 1 aliphatic heterocycles. The fourth-order valence-electron chi connectivity index (χ4n) is 3.79. The summed E-state index contributed by atoms with van der Waals surface area (Å²) in [7, 11) is -1.08. The Bertz CT molecular complexity index is 1350. The predicted molar refractivity (Wildman–Crippen MR) is 124 cm³/mol. The fraction of sp³-hybridized carbons (Fsp3) is 0.429. The van der Waals surface area contributed by atoms with Crippen molar-refractivity contribution in [3.05, 3.63) is 46.1 Å². The average molecular weight is 493 g/mol. The van der Waals surface area contributed by atoms with E-state index < -0.39 is 21.6 Å². The molecule has 176 valence electrons. The number of fused-ring (bicyclic) bond motifs is 1. The zero-order chi connectivity index (χ0) is 23.6. The highest BCUT2D eigenvalue weighted by Gasteiger charge is 2.29. The first kappa shape index (κ1) is 23.3. The van der Waals surface area contributed by atoms with Crippen molar-refractivity contribution in [1.82, 2.24) is 14.8 Å². The van der Waals surface area contributed by atoms with Crippen LogP contribution in [0.5, 0.6) is 0 Å². The van der Waals surface area contributed by atoms with Crippen LogP contribution in [0.4, 0.5) is 10.5 Å². The molecule has 1 atom stereocenters. The molecule has 3 aromatic rings. The number of carbonyl (C=O) groups excluding carboxylic acids is 1. The molecule has 0 aliphatic carbocycles. The zero-order valence-corrected chi connectivity index (χ0v) is 19.9. The molecule has 1 unspecified atom stereocenters. The number of amides is 1. The number of hydrogen-bond acceptors (Lipinski definition) is 9. The SMILES string of the molecule is CCOC(=O)Nc1ccc2c(CSc3nnc(CC4CCS(=O)(=O)C4)n3C)cc(=O)oc2c1. The van der Waals surface area contributed by atoms with Crippen LogP contribution in [0, 0.1) is 5.92 Å². The number of aromatic nitrogens is 3. The number of hydrogen-bond donors (Lipinski definition) is 1. The predicted octanol–water partition coefficient (Wildman–Crippen LogP) is 2.76. The van der Waals surface area contributed by atoms with Gasteiger partial charge < -0.3 is 13.7 Å². The standard InChI is InChI=1S/C21H24N4O6S2/c1-3-30-21(27)22-15-4-5-16-14(9-19(26)31-17(16)10-15)11-32-20-24-23-18(25(20)2)8-13-6-7-33(28,29)12-13/h4-5,9-10,13H,3,6-8,11-12H2,1-2H3,(H,22,27). The molecule has 0 bridgehead atoms. The number of carbonyl (C=O) groups is 1. The summed E-state index contributed by atoms with van der Waals surface area (Å²) in [6, 6.07) is 6.51. The van der Waals surface area contributed by atoms with Gasteiger partial charge in [0.2, 0.25) is 0 Å². The van der Waals surface area contributed by atoms with E-state index in [1.807, 2.05) is 11.6 Å². The molecule has 12 heteroatoms. The van der Waals surface area contributed by atoms with Crippen LogP contribution < -0.4 is 10.9 Å². The normalized spacial score (nSPS) is 17.3. The van der Waals surface area contributed by atoms with Crippen LogP contribution in [0.25, 0.3) is 11.0 Å². The van der Waals surface area contributed by atoms with E-state index in [1.54, 1.807) is 25.1 Å². The van der Waals surface area contributed by atoms with Gasteiger partial charge >= 0.3 is 11.7 Å². The van der Waals surface area contributed by atoms with E-state index in [4.69, 9.17) is 9.15 Å². The maximum absolute atomic E-state index is 12.1. The molecule has 1 fully saturated rings. The molecular weight excluding hydrogens is 468 g/mol. The molecule has 1 saturated heterocycles. The van der Waals surface area contributed by atoms with Gasteiger partial charge in [0.05, 0.1) is 18.1 Å². The van der Waals surface area contributed by atoms with Gasteiger partial charge in [-0.1, -0.05) is 11.8 Å². The number of rotatable bonds is 7. The molecule has 4 rings (SSSR count). The highest BCUT2D eigenvalue weighted by molar-refractivity contribution is 7.98. The third-order valence-corrected chi connectivity index (χ3v) is 8.34. The first-order valence-electron chi connectivity index (χ1n) is 10.5. The number of nitrogens with zero attached hydrogens (tertiary/aromatic N) is 3. The van der Waals surface area contributed by atoms with Crippen molar-refractivity contribution in [3.63, 3.8) is 0 Å².